The molecule has 0 saturated carbocycles. The van der Waals surface area contributed by atoms with E-state index in [-0.39, 0.29) is 11.9 Å². The molecule has 1 saturated heterocycles. The van der Waals surface area contributed by atoms with Crippen molar-refractivity contribution in [3.8, 4) is 17.3 Å². The second-order valence-corrected chi connectivity index (χ2v) is 8.84. The SMILES string of the molecule is CCN1CCN(c2ccc(Nc3nccc(-c4cc5c(ncn5C(C)C)c(OC)n4)n3)nc2)C(=O)C1. The topological polar surface area (TPSA) is 114 Å². The molecule has 36 heavy (non-hydrogen) atoms. The van der Waals surface area contributed by atoms with Crippen molar-refractivity contribution in [2.24, 2.45) is 0 Å². The lowest BCUT2D eigenvalue weighted by atomic mass is 10.2. The highest BCUT2D eigenvalue weighted by Gasteiger charge is 2.24. The number of hydrogen-bond acceptors (Lipinski definition) is 9. The average Bonchev–Trinajstić information content (AvgIpc) is 3.33. The summed E-state index contributed by atoms with van der Waals surface area (Å²) in [6, 6.07) is 7.69. The molecule has 0 radical (unpaired) electrons. The number of pyridine rings is 2. The highest BCUT2D eigenvalue weighted by atomic mass is 16.5. The van der Waals surface area contributed by atoms with Gasteiger partial charge in [0.1, 0.15) is 5.82 Å². The van der Waals surface area contributed by atoms with Gasteiger partial charge in [0.05, 0.1) is 48.8 Å². The molecule has 0 bridgehead atoms. The maximum atomic E-state index is 12.5. The number of likely N-dealkylation sites (N-methyl/N-ethyl adjacent to an activating group) is 1. The van der Waals surface area contributed by atoms with Crippen LogP contribution in [0.3, 0.4) is 0 Å². The number of amides is 1. The Kier molecular flexibility index (Phi) is 6.47. The molecule has 186 valence electrons. The molecule has 1 N–H and O–H groups in total. The van der Waals surface area contributed by atoms with Crippen molar-refractivity contribution in [3.05, 3.63) is 43.0 Å². The first-order chi connectivity index (χ1) is 17.5. The van der Waals surface area contributed by atoms with Crippen LogP contribution in [0.15, 0.2) is 43.0 Å². The van der Waals surface area contributed by atoms with Gasteiger partial charge in [-0.25, -0.2) is 24.9 Å². The summed E-state index contributed by atoms with van der Waals surface area (Å²) >= 11 is 0. The lowest BCUT2D eigenvalue weighted by Crippen LogP contribution is -2.50. The van der Waals surface area contributed by atoms with E-state index in [1.165, 1.54) is 0 Å². The predicted molar refractivity (Wildman–Crippen MR) is 137 cm³/mol. The van der Waals surface area contributed by atoms with Gasteiger partial charge in [0.15, 0.2) is 5.52 Å². The Morgan fingerprint density at radius 3 is 2.64 bits per heavy atom. The Labute approximate surface area is 209 Å². The number of piperazine rings is 1. The van der Waals surface area contributed by atoms with Crippen molar-refractivity contribution >= 4 is 34.4 Å². The summed E-state index contributed by atoms with van der Waals surface area (Å²) in [6.07, 6.45) is 5.16. The summed E-state index contributed by atoms with van der Waals surface area (Å²) in [5.74, 6) is 1.50. The number of rotatable bonds is 7. The molecule has 5 heterocycles. The van der Waals surface area contributed by atoms with E-state index in [1.54, 1.807) is 36.8 Å². The third-order valence-corrected chi connectivity index (χ3v) is 6.24. The number of fused-ring (bicyclic) bond motifs is 1. The van der Waals surface area contributed by atoms with Gasteiger partial charge >= 0.3 is 0 Å². The van der Waals surface area contributed by atoms with Crippen molar-refractivity contribution in [2.45, 2.75) is 26.8 Å². The van der Waals surface area contributed by atoms with Crippen LogP contribution in [0.2, 0.25) is 0 Å². The van der Waals surface area contributed by atoms with Gasteiger partial charge in [-0.2, -0.15) is 0 Å². The van der Waals surface area contributed by atoms with E-state index in [2.05, 4.69) is 60.5 Å². The van der Waals surface area contributed by atoms with Crippen LogP contribution < -0.4 is 15.0 Å². The molecule has 11 heteroatoms. The summed E-state index contributed by atoms with van der Waals surface area (Å²) in [5.41, 5.74) is 3.70. The zero-order valence-electron chi connectivity index (χ0n) is 20.8. The average molecular weight is 488 g/mol. The van der Waals surface area contributed by atoms with Crippen LogP contribution >= 0.6 is 0 Å². The summed E-state index contributed by atoms with van der Waals surface area (Å²) < 4.78 is 7.57. The molecule has 1 aliphatic heterocycles. The zero-order chi connectivity index (χ0) is 25.2. The van der Waals surface area contributed by atoms with Crippen LogP contribution in [0.1, 0.15) is 26.8 Å². The summed E-state index contributed by atoms with van der Waals surface area (Å²) in [7, 11) is 1.58. The number of methoxy groups -OCH3 is 1. The van der Waals surface area contributed by atoms with Gasteiger partial charge in [-0.1, -0.05) is 6.92 Å². The number of anilines is 3. The molecule has 5 rings (SSSR count). The highest BCUT2D eigenvalue weighted by molar-refractivity contribution is 5.95. The van der Waals surface area contributed by atoms with E-state index in [0.29, 0.717) is 47.6 Å². The van der Waals surface area contributed by atoms with Crippen LogP contribution in [0, 0.1) is 0 Å². The maximum absolute atomic E-state index is 12.5. The largest absolute Gasteiger partial charge is 0.479 e. The summed E-state index contributed by atoms with van der Waals surface area (Å²) in [4.78, 5) is 38.9. The Morgan fingerprint density at radius 1 is 1.08 bits per heavy atom. The standard InChI is InChI=1S/C25H29N9O2/c1-5-32-10-11-33(22(35)14-32)17-6-7-21(27-13-17)31-25-26-9-8-18(30-25)19-12-20-23(24(29-19)36-4)28-15-34(20)16(2)3/h6-9,12-13,15-16H,5,10-11,14H2,1-4H3,(H,26,27,30,31). The number of imidazole rings is 1. The number of aromatic nitrogens is 6. The van der Waals surface area contributed by atoms with Crippen molar-refractivity contribution < 1.29 is 9.53 Å². The minimum absolute atomic E-state index is 0.0837. The van der Waals surface area contributed by atoms with Crippen molar-refractivity contribution in [2.75, 3.05) is 43.5 Å². The van der Waals surface area contributed by atoms with E-state index >= 15 is 0 Å². The van der Waals surface area contributed by atoms with Crippen molar-refractivity contribution in [1.82, 2.24) is 34.4 Å². The Balaban J connectivity index is 1.37. The van der Waals surface area contributed by atoms with Gasteiger partial charge in [0.25, 0.3) is 0 Å². The molecule has 0 aliphatic carbocycles. The molecule has 4 aromatic rings. The minimum Gasteiger partial charge on any atom is -0.479 e. The van der Waals surface area contributed by atoms with Crippen LogP contribution in [0.5, 0.6) is 5.88 Å². The van der Waals surface area contributed by atoms with E-state index in [1.807, 2.05) is 18.2 Å². The first-order valence-electron chi connectivity index (χ1n) is 12.0. The first-order valence-corrected chi connectivity index (χ1v) is 12.0. The Hall–Kier alpha value is -4.12. The summed E-state index contributed by atoms with van der Waals surface area (Å²) in [6.45, 7) is 9.07. The molecule has 0 aromatic carbocycles. The third kappa shape index (κ3) is 4.57. The normalized spacial score (nSPS) is 14.6. The monoisotopic (exact) mass is 487 g/mol. The highest BCUT2D eigenvalue weighted by Crippen LogP contribution is 2.29. The summed E-state index contributed by atoms with van der Waals surface area (Å²) in [5, 5.41) is 3.14. The van der Waals surface area contributed by atoms with E-state index in [4.69, 9.17) is 4.74 Å². The van der Waals surface area contributed by atoms with Gasteiger partial charge in [-0.3, -0.25) is 9.69 Å². The Morgan fingerprint density at radius 2 is 1.94 bits per heavy atom. The van der Waals surface area contributed by atoms with Crippen LogP contribution in [-0.4, -0.2) is 73.6 Å². The van der Waals surface area contributed by atoms with Crippen molar-refractivity contribution in [3.63, 3.8) is 0 Å². The maximum Gasteiger partial charge on any atom is 0.242 e. The molecule has 11 nitrogen and oxygen atoms in total. The molecule has 4 aromatic heterocycles. The van der Waals surface area contributed by atoms with E-state index in [9.17, 15) is 4.79 Å². The Bertz CT molecular complexity index is 1380. The first kappa shape index (κ1) is 23.6. The van der Waals surface area contributed by atoms with E-state index in [0.717, 1.165) is 24.3 Å². The number of carbonyl (C=O) groups excluding carboxylic acids is 1. The lowest BCUT2D eigenvalue weighted by molar-refractivity contribution is -0.121. The smallest absolute Gasteiger partial charge is 0.242 e. The number of nitrogens with one attached hydrogen (secondary N) is 1. The van der Waals surface area contributed by atoms with Crippen LogP contribution in [0.4, 0.5) is 17.5 Å². The fourth-order valence-corrected chi connectivity index (χ4v) is 4.25. The van der Waals surface area contributed by atoms with Gasteiger partial charge < -0.3 is 19.5 Å². The third-order valence-electron chi connectivity index (χ3n) is 6.24. The molecule has 1 aliphatic rings. The zero-order valence-corrected chi connectivity index (χ0v) is 20.8. The van der Waals surface area contributed by atoms with Gasteiger partial charge in [0.2, 0.25) is 17.7 Å². The molecule has 0 spiro atoms. The second kappa shape index (κ2) is 9.86. The molecule has 0 unspecified atom stereocenters. The van der Waals surface area contributed by atoms with Gasteiger partial charge in [0, 0.05) is 25.3 Å². The molecule has 1 fully saturated rings. The van der Waals surface area contributed by atoms with Gasteiger partial charge in [-0.15, -0.1) is 0 Å². The predicted octanol–water partition coefficient (Wildman–Crippen LogP) is 3.28. The molecular weight excluding hydrogens is 458 g/mol. The minimum atomic E-state index is 0.0837. The fourth-order valence-electron chi connectivity index (χ4n) is 4.25. The molecule has 1 amide bonds. The molecular formula is C25H29N9O2. The van der Waals surface area contributed by atoms with Crippen LogP contribution in [-0.2, 0) is 4.79 Å². The lowest BCUT2D eigenvalue weighted by Gasteiger charge is -2.33. The van der Waals surface area contributed by atoms with Crippen LogP contribution in [0.25, 0.3) is 22.4 Å². The number of hydrogen-bond donors (Lipinski definition) is 1. The van der Waals surface area contributed by atoms with E-state index < -0.39 is 0 Å². The second-order valence-electron chi connectivity index (χ2n) is 8.84. The number of ether oxygens (including phenoxy) is 1. The quantitative estimate of drug-likeness (QED) is 0.419. The number of nitrogens with zero attached hydrogens (tertiary/aromatic N) is 8. The fraction of sp³-hybridized carbons (Fsp3) is 0.360. The molecule has 0 atom stereocenters. The van der Waals surface area contributed by atoms with Gasteiger partial charge in [-0.05, 0) is 44.7 Å². The number of carbonyl (C=O) groups is 1. The van der Waals surface area contributed by atoms with Crippen molar-refractivity contribution in [1.29, 1.82) is 0 Å².